The Bertz CT molecular complexity index is 469. The molecule has 0 radical (unpaired) electrons. The quantitative estimate of drug-likeness (QED) is 0.424. The molecule has 1 aromatic rings. The van der Waals surface area contributed by atoms with E-state index in [1.54, 1.807) is 0 Å². The largest absolute Gasteiger partial charge is 0.377 e. The molecular formula is C13H18O5S. The molecule has 19 heavy (non-hydrogen) atoms. The van der Waals surface area contributed by atoms with Gasteiger partial charge in [-0.05, 0) is 18.4 Å². The van der Waals surface area contributed by atoms with Crippen LogP contribution in [0.4, 0.5) is 0 Å². The number of ether oxygens (including phenoxy) is 1. The number of rotatable bonds is 9. The normalized spacial score (nSPS) is 13.1. The lowest BCUT2D eigenvalue weighted by Crippen LogP contribution is -2.17. The molecule has 0 aliphatic rings. The summed E-state index contributed by atoms with van der Waals surface area (Å²) >= 11 is 0. The summed E-state index contributed by atoms with van der Waals surface area (Å²) in [4.78, 5) is 10.7. The highest BCUT2D eigenvalue weighted by molar-refractivity contribution is 7.85. The summed E-state index contributed by atoms with van der Waals surface area (Å²) in [6.45, 7) is 0.940. The molecule has 106 valence electrons. The van der Waals surface area contributed by atoms with Gasteiger partial charge in [-0.1, -0.05) is 30.3 Å². The second-order valence-corrected chi connectivity index (χ2v) is 5.82. The molecule has 0 aliphatic heterocycles. The predicted molar refractivity (Wildman–Crippen MR) is 71.3 cm³/mol. The van der Waals surface area contributed by atoms with E-state index in [2.05, 4.69) is 0 Å². The first-order chi connectivity index (χ1) is 9.01. The molecule has 0 aliphatic carbocycles. The number of carbonyl (C=O) groups is 1. The van der Waals surface area contributed by atoms with Crippen LogP contribution in [0.3, 0.4) is 0 Å². The van der Waals surface area contributed by atoms with Crippen LogP contribution in [-0.4, -0.2) is 31.6 Å². The van der Waals surface area contributed by atoms with E-state index in [1.165, 1.54) is 0 Å². The van der Waals surface area contributed by atoms with Gasteiger partial charge in [-0.15, -0.1) is 0 Å². The zero-order chi connectivity index (χ0) is 14.1. The topological polar surface area (TPSA) is 80.7 Å². The highest BCUT2D eigenvalue weighted by atomic mass is 32.2. The van der Waals surface area contributed by atoms with Crippen molar-refractivity contribution in [2.24, 2.45) is 5.92 Å². The first kappa shape index (κ1) is 15.8. The van der Waals surface area contributed by atoms with Crippen molar-refractivity contribution in [3.05, 3.63) is 35.9 Å². The molecule has 1 unspecified atom stereocenters. The molecule has 0 saturated heterocycles. The van der Waals surface area contributed by atoms with Crippen molar-refractivity contribution in [2.45, 2.75) is 19.4 Å². The Morgan fingerprint density at radius 1 is 1.26 bits per heavy atom. The van der Waals surface area contributed by atoms with Gasteiger partial charge in [0.1, 0.15) is 6.29 Å². The molecule has 0 fully saturated rings. The van der Waals surface area contributed by atoms with Gasteiger partial charge in [0.2, 0.25) is 0 Å². The minimum Gasteiger partial charge on any atom is -0.377 e. The van der Waals surface area contributed by atoms with Gasteiger partial charge in [0.25, 0.3) is 10.1 Å². The van der Waals surface area contributed by atoms with Gasteiger partial charge in [0, 0.05) is 12.5 Å². The predicted octanol–water partition coefficient (Wildman–Crippen LogP) is 1.69. The molecule has 1 aromatic carbocycles. The van der Waals surface area contributed by atoms with Gasteiger partial charge in [-0.25, -0.2) is 0 Å². The zero-order valence-corrected chi connectivity index (χ0v) is 11.4. The molecule has 1 atom stereocenters. The molecule has 5 nitrogen and oxygen atoms in total. The molecule has 0 spiro atoms. The van der Waals surface area contributed by atoms with Crippen molar-refractivity contribution in [1.29, 1.82) is 0 Å². The fourth-order valence-corrected chi connectivity index (χ4v) is 2.46. The number of aldehydes is 1. The van der Waals surface area contributed by atoms with Crippen LogP contribution in [0.1, 0.15) is 18.4 Å². The van der Waals surface area contributed by atoms with Crippen LogP contribution < -0.4 is 0 Å². The van der Waals surface area contributed by atoms with Crippen molar-refractivity contribution < 1.29 is 22.5 Å². The Morgan fingerprint density at radius 3 is 2.53 bits per heavy atom. The van der Waals surface area contributed by atoms with Crippen LogP contribution in [0.15, 0.2) is 30.3 Å². The third kappa shape index (κ3) is 7.71. The van der Waals surface area contributed by atoms with Crippen molar-refractivity contribution >= 4 is 16.4 Å². The Labute approximate surface area is 113 Å². The highest BCUT2D eigenvalue weighted by Gasteiger charge is 2.15. The van der Waals surface area contributed by atoms with E-state index >= 15 is 0 Å². The van der Waals surface area contributed by atoms with Crippen molar-refractivity contribution in [2.75, 3.05) is 12.4 Å². The standard InChI is InChI=1S/C13H18O5S/c14-9-13(11-19(15,16)17)7-4-8-18-10-12-5-2-1-3-6-12/h1-3,5-6,9,13H,4,7-8,10-11H2,(H,15,16,17). The molecule has 0 aromatic heterocycles. The minimum absolute atomic E-state index is 0.387. The van der Waals surface area contributed by atoms with E-state index in [0.717, 1.165) is 5.56 Å². The van der Waals surface area contributed by atoms with Gasteiger partial charge >= 0.3 is 0 Å². The van der Waals surface area contributed by atoms with Gasteiger partial charge in [0.05, 0.1) is 12.4 Å². The number of hydrogen-bond acceptors (Lipinski definition) is 4. The minimum atomic E-state index is -4.09. The van der Waals surface area contributed by atoms with Gasteiger partial charge in [-0.2, -0.15) is 8.42 Å². The van der Waals surface area contributed by atoms with E-state index in [-0.39, 0.29) is 0 Å². The Morgan fingerprint density at radius 2 is 1.95 bits per heavy atom. The molecule has 0 amide bonds. The number of hydrogen-bond donors (Lipinski definition) is 1. The molecule has 0 saturated carbocycles. The summed E-state index contributed by atoms with van der Waals surface area (Å²) in [7, 11) is -4.09. The smallest absolute Gasteiger partial charge is 0.265 e. The lowest BCUT2D eigenvalue weighted by molar-refractivity contribution is -0.110. The van der Waals surface area contributed by atoms with Crippen molar-refractivity contribution in [3.63, 3.8) is 0 Å². The lowest BCUT2D eigenvalue weighted by Gasteiger charge is -2.08. The van der Waals surface area contributed by atoms with E-state index in [1.807, 2.05) is 30.3 Å². The Hall–Kier alpha value is -1.24. The van der Waals surface area contributed by atoms with Gasteiger partial charge in [-0.3, -0.25) is 4.55 Å². The monoisotopic (exact) mass is 286 g/mol. The number of benzene rings is 1. The average Bonchev–Trinajstić information content (AvgIpc) is 2.37. The van der Waals surface area contributed by atoms with E-state index in [4.69, 9.17) is 9.29 Å². The van der Waals surface area contributed by atoms with Crippen LogP contribution in [0.2, 0.25) is 0 Å². The van der Waals surface area contributed by atoms with E-state index in [0.29, 0.717) is 32.3 Å². The zero-order valence-electron chi connectivity index (χ0n) is 10.6. The van der Waals surface area contributed by atoms with Crippen molar-refractivity contribution in [3.8, 4) is 0 Å². The Balaban J connectivity index is 2.17. The van der Waals surface area contributed by atoms with Crippen LogP contribution in [0.25, 0.3) is 0 Å². The fourth-order valence-electron chi connectivity index (χ4n) is 1.67. The van der Waals surface area contributed by atoms with Crippen LogP contribution in [-0.2, 0) is 26.3 Å². The third-order valence-electron chi connectivity index (χ3n) is 2.59. The first-order valence-electron chi connectivity index (χ1n) is 6.03. The summed E-state index contributed by atoms with van der Waals surface area (Å²) in [5, 5.41) is 0. The summed E-state index contributed by atoms with van der Waals surface area (Å²) in [5.41, 5.74) is 1.06. The fraction of sp³-hybridized carbons (Fsp3) is 0.462. The van der Waals surface area contributed by atoms with Crippen LogP contribution >= 0.6 is 0 Å². The molecule has 0 heterocycles. The maximum atomic E-state index is 10.7. The second-order valence-electron chi connectivity index (χ2n) is 4.33. The third-order valence-corrected chi connectivity index (χ3v) is 3.44. The molecular weight excluding hydrogens is 268 g/mol. The maximum Gasteiger partial charge on any atom is 0.265 e. The highest BCUT2D eigenvalue weighted by Crippen LogP contribution is 2.08. The first-order valence-corrected chi connectivity index (χ1v) is 7.64. The second kappa shape index (κ2) is 8.04. The Kier molecular flexibility index (Phi) is 6.69. The molecule has 0 bridgehead atoms. The van der Waals surface area contributed by atoms with Gasteiger partial charge in [0.15, 0.2) is 0 Å². The molecule has 1 rings (SSSR count). The molecule has 6 heteroatoms. The summed E-state index contributed by atoms with van der Waals surface area (Å²) in [6.07, 6.45) is 1.52. The summed E-state index contributed by atoms with van der Waals surface area (Å²) in [6, 6.07) is 9.67. The molecule has 1 N–H and O–H groups in total. The van der Waals surface area contributed by atoms with Crippen LogP contribution in [0, 0.1) is 5.92 Å². The van der Waals surface area contributed by atoms with E-state index < -0.39 is 21.8 Å². The SMILES string of the molecule is O=CC(CCCOCc1ccccc1)CS(=O)(=O)O. The lowest BCUT2D eigenvalue weighted by atomic mass is 10.1. The summed E-state index contributed by atoms with van der Waals surface area (Å²) < 4.78 is 35.3. The van der Waals surface area contributed by atoms with Gasteiger partial charge < -0.3 is 9.53 Å². The van der Waals surface area contributed by atoms with Crippen molar-refractivity contribution in [1.82, 2.24) is 0 Å². The average molecular weight is 286 g/mol. The summed E-state index contributed by atoms with van der Waals surface area (Å²) in [5.74, 6) is -1.19. The maximum absolute atomic E-state index is 10.7. The number of carbonyl (C=O) groups excluding carboxylic acids is 1. The van der Waals surface area contributed by atoms with Crippen LogP contribution in [0.5, 0.6) is 0 Å². The van der Waals surface area contributed by atoms with E-state index in [9.17, 15) is 13.2 Å².